The Morgan fingerprint density at radius 1 is 1.09 bits per heavy atom. The molecule has 2 amide bonds. The number of nitrogens with one attached hydrogen (secondary N) is 1. The van der Waals surface area contributed by atoms with Crippen LogP contribution in [-0.4, -0.2) is 49.5 Å². The highest BCUT2D eigenvalue weighted by Gasteiger charge is 2.31. The van der Waals surface area contributed by atoms with E-state index in [9.17, 15) is 18.0 Å². The zero-order valence-electron chi connectivity index (χ0n) is 19.9. The van der Waals surface area contributed by atoms with E-state index in [1.807, 2.05) is 51.1 Å². The summed E-state index contributed by atoms with van der Waals surface area (Å²) in [6.45, 7) is 8.70. The van der Waals surface area contributed by atoms with Crippen LogP contribution in [0.15, 0.2) is 48.5 Å². The van der Waals surface area contributed by atoms with Crippen molar-refractivity contribution >= 4 is 39.1 Å². The van der Waals surface area contributed by atoms with Gasteiger partial charge >= 0.3 is 0 Å². The second-order valence-electron chi connectivity index (χ2n) is 9.13. The van der Waals surface area contributed by atoms with Crippen LogP contribution in [0.5, 0.6) is 0 Å². The molecule has 0 radical (unpaired) electrons. The second-order valence-corrected chi connectivity index (χ2v) is 11.4. The van der Waals surface area contributed by atoms with E-state index in [0.29, 0.717) is 5.02 Å². The highest BCUT2D eigenvalue weighted by atomic mass is 35.5. The lowest BCUT2D eigenvalue weighted by Crippen LogP contribution is -2.54. The number of aryl methyl sites for hydroxylation is 1. The monoisotopic (exact) mass is 493 g/mol. The third-order valence-corrected chi connectivity index (χ3v) is 6.53. The molecular formula is C24H32ClN3O4S. The van der Waals surface area contributed by atoms with E-state index in [-0.39, 0.29) is 18.1 Å². The van der Waals surface area contributed by atoms with Crippen molar-refractivity contribution in [3.8, 4) is 0 Å². The van der Waals surface area contributed by atoms with Crippen LogP contribution in [0.4, 0.5) is 5.69 Å². The molecule has 1 N–H and O–H groups in total. The molecular weight excluding hydrogens is 462 g/mol. The summed E-state index contributed by atoms with van der Waals surface area (Å²) in [5.74, 6) is -0.825. The number of rotatable bonds is 8. The van der Waals surface area contributed by atoms with Crippen LogP contribution in [0.1, 0.15) is 38.8 Å². The molecule has 0 heterocycles. The average molecular weight is 494 g/mol. The average Bonchev–Trinajstić information content (AvgIpc) is 2.70. The van der Waals surface area contributed by atoms with Gasteiger partial charge in [-0.05, 0) is 57.9 Å². The van der Waals surface area contributed by atoms with Gasteiger partial charge in [-0.1, -0.05) is 48.0 Å². The molecule has 2 aromatic rings. The molecule has 0 aromatic heterocycles. The van der Waals surface area contributed by atoms with Crippen molar-refractivity contribution in [1.82, 2.24) is 10.2 Å². The maximum atomic E-state index is 13.4. The van der Waals surface area contributed by atoms with Crippen LogP contribution in [0.3, 0.4) is 0 Å². The maximum absolute atomic E-state index is 13.4. The molecule has 2 aromatic carbocycles. The van der Waals surface area contributed by atoms with Crippen molar-refractivity contribution in [1.29, 1.82) is 0 Å². The number of sulfonamides is 1. The number of benzene rings is 2. The normalized spacial score (nSPS) is 12.7. The summed E-state index contributed by atoms with van der Waals surface area (Å²) >= 11 is 6.20. The zero-order valence-corrected chi connectivity index (χ0v) is 21.5. The lowest BCUT2D eigenvalue weighted by atomic mass is 10.1. The first-order valence-corrected chi connectivity index (χ1v) is 12.8. The Hall–Kier alpha value is -2.58. The Morgan fingerprint density at radius 2 is 1.70 bits per heavy atom. The first-order valence-electron chi connectivity index (χ1n) is 10.6. The Kier molecular flexibility index (Phi) is 8.54. The minimum absolute atomic E-state index is 0.157. The summed E-state index contributed by atoms with van der Waals surface area (Å²) in [4.78, 5) is 27.7. The highest BCUT2D eigenvalue weighted by Crippen LogP contribution is 2.25. The van der Waals surface area contributed by atoms with Gasteiger partial charge in [0.05, 0.1) is 11.9 Å². The Balaban J connectivity index is 2.40. The van der Waals surface area contributed by atoms with Crippen molar-refractivity contribution in [2.75, 3.05) is 17.1 Å². The van der Waals surface area contributed by atoms with E-state index in [2.05, 4.69) is 5.32 Å². The first-order chi connectivity index (χ1) is 15.2. The van der Waals surface area contributed by atoms with Gasteiger partial charge in [0.1, 0.15) is 12.6 Å². The largest absolute Gasteiger partial charge is 0.350 e. The first kappa shape index (κ1) is 26.7. The number of halogens is 1. The van der Waals surface area contributed by atoms with Crippen molar-refractivity contribution in [3.05, 3.63) is 64.7 Å². The van der Waals surface area contributed by atoms with Gasteiger partial charge in [-0.15, -0.1) is 0 Å². The van der Waals surface area contributed by atoms with E-state index in [4.69, 9.17) is 11.6 Å². The van der Waals surface area contributed by atoms with Gasteiger partial charge in [-0.25, -0.2) is 8.42 Å². The Bertz CT molecular complexity index is 1100. The molecule has 33 heavy (non-hydrogen) atoms. The van der Waals surface area contributed by atoms with Gasteiger partial charge in [0, 0.05) is 17.1 Å². The minimum atomic E-state index is -3.80. The summed E-state index contributed by atoms with van der Waals surface area (Å²) in [7, 11) is -3.80. The topological polar surface area (TPSA) is 86.8 Å². The summed E-state index contributed by atoms with van der Waals surface area (Å²) in [6, 6.07) is 13.2. The fraction of sp³-hybridized carbons (Fsp3) is 0.417. The molecule has 0 aliphatic rings. The molecule has 0 aliphatic carbocycles. The predicted molar refractivity (Wildman–Crippen MR) is 133 cm³/mol. The van der Waals surface area contributed by atoms with E-state index in [1.165, 1.54) is 11.0 Å². The lowest BCUT2D eigenvalue weighted by molar-refractivity contribution is -0.140. The van der Waals surface area contributed by atoms with Gasteiger partial charge in [0.2, 0.25) is 21.8 Å². The van der Waals surface area contributed by atoms with Crippen LogP contribution >= 0.6 is 11.6 Å². The molecule has 7 nitrogen and oxygen atoms in total. The van der Waals surface area contributed by atoms with Gasteiger partial charge < -0.3 is 10.2 Å². The fourth-order valence-corrected chi connectivity index (χ4v) is 4.20. The number of anilines is 1. The summed E-state index contributed by atoms with van der Waals surface area (Å²) in [5, 5.41) is 3.28. The van der Waals surface area contributed by atoms with Crippen LogP contribution < -0.4 is 9.62 Å². The van der Waals surface area contributed by atoms with E-state index >= 15 is 0 Å². The smallest absolute Gasteiger partial charge is 0.244 e. The van der Waals surface area contributed by atoms with Gasteiger partial charge in [0.15, 0.2) is 0 Å². The van der Waals surface area contributed by atoms with Crippen LogP contribution in [0.25, 0.3) is 0 Å². The van der Waals surface area contributed by atoms with E-state index < -0.39 is 34.1 Å². The van der Waals surface area contributed by atoms with Gasteiger partial charge in [0.25, 0.3) is 0 Å². The van der Waals surface area contributed by atoms with Crippen LogP contribution in [0, 0.1) is 6.92 Å². The van der Waals surface area contributed by atoms with Crippen molar-refractivity contribution in [2.24, 2.45) is 0 Å². The molecule has 0 saturated heterocycles. The van der Waals surface area contributed by atoms with Crippen molar-refractivity contribution in [3.63, 3.8) is 0 Å². The number of carbonyl (C=O) groups excluding carboxylic acids is 2. The standard InChI is InChI=1S/C24H32ClN3O4S/c1-17-12-13-20(14-21(17)25)28(33(6,31)32)16-22(29)27(15-19-10-8-7-9-11-19)18(2)23(30)26-24(3,4)5/h7-14,18H,15-16H2,1-6H3,(H,26,30)/t18-/m0/s1. The number of carbonyl (C=O) groups is 2. The van der Waals surface area contributed by atoms with Crippen molar-refractivity contribution in [2.45, 2.75) is 52.7 Å². The SMILES string of the molecule is Cc1ccc(N(CC(=O)N(Cc2ccccc2)[C@@H](C)C(=O)NC(C)(C)C)S(C)(=O)=O)cc1Cl. The quantitative estimate of drug-likeness (QED) is 0.606. The molecule has 9 heteroatoms. The molecule has 0 unspecified atom stereocenters. The Labute approximate surface area is 201 Å². The zero-order chi connectivity index (χ0) is 25.0. The predicted octanol–water partition coefficient (Wildman–Crippen LogP) is 3.75. The minimum Gasteiger partial charge on any atom is -0.350 e. The summed E-state index contributed by atoms with van der Waals surface area (Å²) < 4.78 is 26.1. The van der Waals surface area contributed by atoms with Crippen molar-refractivity contribution < 1.29 is 18.0 Å². The van der Waals surface area contributed by atoms with E-state index in [0.717, 1.165) is 21.7 Å². The van der Waals surface area contributed by atoms with Gasteiger partial charge in [-0.3, -0.25) is 13.9 Å². The molecule has 0 aliphatic heterocycles. The third-order valence-electron chi connectivity index (χ3n) is 4.98. The molecule has 180 valence electrons. The Morgan fingerprint density at radius 3 is 2.21 bits per heavy atom. The second kappa shape index (κ2) is 10.6. The maximum Gasteiger partial charge on any atom is 0.244 e. The fourth-order valence-electron chi connectivity index (χ4n) is 3.19. The molecule has 0 saturated carbocycles. The molecule has 0 fully saturated rings. The van der Waals surface area contributed by atoms with Crippen LogP contribution in [-0.2, 0) is 26.2 Å². The molecule has 1 atom stereocenters. The summed E-state index contributed by atoms with van der Waals surface area (Å²) in [6.07, 6.45) is 1.03. The molecule has 2 rings (SSSR count). The highest BCUT2D eigenvalue weighted by molar-refractivity contribution is 7.92. The third kappa shape index (κ3) is 7.75. The number of hydrogen-bond acceptors (Lipinski definition) is 4. The van der Waals surface area contributed by atoms with Crippen LogP contribution in [0.2, 0.25) is 5.02 Å². The molecule has 0 spiro atoms. The van der Waals surface area contributed by atoms with E-state index in [1.54, 1.807) is 26.0 Å². The number of amides is 2. The number of nitrogens with zero attached hydrogens (tertiary/aromatic N) is 2. The molecule has 0 bridgehead atoms. The van der Waals surface area contributed by atoms with Gasteiger partial charge in [-0.2, -0.15) is 0 Å². The lowest BCUT2D eigenvalue weighted by Gasteiger charge is -2.33. The summed E-state index contributed by atoms with van der Waals surface area (Å²) in [5.41, 5.74) is 1.42. The number of hydrogen-bond donors (Lipinski definition) is 1.